The van der Waals surface area contributed by atoms with Gasteiger partial charge in [0, 0.05) is 29.8 Å². The van der Waals surface area contributed by atoms with Crippen molar-refractivity contribution >= 4 is 5.91 Å². The lowest BCUT2D eigenvalue weighted by Gasteiger charge is -2.23. The first kappa shape index (κ1) is 17.5. The Morgan fingerprint density at radius 2 is 2.15 bits per heavy atom. The number of hydrogen-bond acceptors (Lipinski definition) is 5. The maximum absolute atomic E-state index is 13.2. The first-order valence-electron chi connectivity index (χ1n) is 9.28. The average Bonchev–Trinajstić information content (AvgIpc) is 3.40. The van der Waals surface area contributed by atoms with Crippen LogP contribution in [-0.2, 0) is 0 Å². The molecule has 1 aliphatic rings. The van der Waals surface area contributed by atoms with Crippen LogP contribution in [-0.4, -0.2) is 37.3 Å². The molecule has 0 unspecified atom stereocenters. The van der Waals surface area contributed by atoms with Crippen molar-refractivity contribution in [2.75, 3.05) is 6.54 Å². The first-order chi connectivity index (χ1) is 13.0. The number of nitrogens with zero attached hydrogens (tertiary/aromatic N) is 5. The standard InChI is InChI=1S/C20H23N5O2/c1-13(2)25-19(21-12-22-25)15-6-4-7-16(11-15)20(26)24-9-5-8-17(24)18-10-14(3)23-27-18/h4,6-7,10-13,17H,5,8-9H2,1-3H3/t17-/m1/s1. The summed E-state index contributed by atoms with van der Waals surface area (Å²) in [5.41, 5.74) is 2.37. The topological polar surface area (TPSA) is 77.0 Å². The van der Waals surface area contributed by atoms with Gasteiger partial charge in [0.15, 0.2) is 11.6 Å². The molecule has 1 saturated heterocycles. The Hall–Kier alpha value is -2.96. The number of hydrogen-bond donors (Lipinski definition) is 0. The Labute approximate surface area is 158 Å². The largest absolute Gasteiger partial charge is 0.359 e. The zero-order chi connectivity index (χ0) is 19.0. The number of likely N-dealkylation sites (tertiary alicyclic amines) is 1. The second-order valence-corrected chi connectivity index (χ2v) is 7.23. The zero-order valence-electron chi connectivity index (χ0n) is 15.8. The van der Waals surface area contributed by atoms with Crippen molar-refractivity contribution in [1.82, 2.24) is 24.8 Å². The highest BCUT2D eigenvalue weighted by atomic mass is 16.5. The summed E-state index contributed by atoms with van der Waals surface area (Å²) in [6.45, 7) is 6.72. The van der Waals surface area contributed by atoms with Gasteiger partial charge in [0.05, 0.1) is 11.7 Å². The van der Waals surface area contributed by atoms with E-state index in [2.05, 4.69) is 29.1 Å². The zero-order valence-corrected chi connectivity index (χ0v) is 15.8. The lowest BCUT2D eigenvalue weighted by atomic mass is 10.1. The molecule has 2 aromatic heterocycles. The molecule has 0 radical (unpaired) electrons. The van der Waals surface area contributed by atoms with Gasteiger partial charge in [-0.15, -0.1) is 0 Å². The smallest absolute Gasteiger partial charge is 0.254 e. The predicted molar refractivity (Wildman–Crippen MR) is 100 cm³/mol. The SMILES string of the molecule is Cc1cc([C@H]2CCCN2C(=O)c2cccc(-c3ncnn3C(C)C)c2)on1. The van der Waals surface area contributed by atoms with E-state index < -0.39 is 0 Å². The third-order valence-corrected chi connectivity index (χ3v) is 4.92. The molecule has 140 valence electrons. The Bertz CT molecular complexity index is 959. The lowest BCUT2D eigenvalue weighted by Crippen LogP contribution is -2.30. The van der Waals surface area contributed by atoms with Crippen LogP contribution in [0.1, 0.15) is 60.6 Å². The summed E-state index contributed by atoms with van der Waals surface area (Å²) in [4.78, 5) is 19.5. The molecule has 1 atom stereocenters. The van der Waals surface area contributed by atoms with Crippen LogP contribution in [0.2, 0.25) is 0 Å². The van der Waals surface area contributed by atoms with Gasteiger partial charge in [0.25, 0.3) is 5.91 Å². The molecule has 7 heteroatoms. The molecule has 0 spiro atoms. The van der Waals surface area contributed by atoms with Gasteiger partial charge in [-0.1, -0.05) is 17.3 Å². The van der Waals surface area contributed by atoms with Crippen molar-refractivity contribution in [1.29, 1.82) is 0 Å². The van der Waals surface area contributed by atoms with Crippen molar-refractivity contribution in [2.24, 2.45) is 0 Å². The van der Waals surface area contributed by atoms with Crippen molar-refractivity contribution < 1.29 is 9.32 Å². The quantitative estimate of drug-likeness (QED) is 0.703. The van der Waals surface area contributed by atoms with Gasteiger partial charge < -0.3 is 9.42 Å². The van der Waals surface area contributed by atoms with Crippen LogP contribution in [0.15, 0.2) is 41.2 Å². The van der Waals surface area contributed by atoms with E-state index in [0.717, 1.165) is 42.2 Å². The molecule has 1 amide bonds. The molecular formula is C20H23N5O2. The van der Waals surface area contributed by atoms with Gasteiger partial charge in [0.2, 0.25) is 0 Å². The van der Waals surface area contributed by atoms with Gasteiger partial charge in [-0.2, -0.15) is 5.10 Å². The first-order valence-corrected chi connectivity index (χ1v) is 9.28. The van der Waals surface area contributed by atoms with Crippen molar-refractivity contribution in [3.05, 3.63) is 53.7 Å². The van der Waals surface area contributed by atoms with Crippen LogP contribution in [0.25, 0.3) is 11.4 Å². The summed E-state index contributed by atoms with van der Waals surface area (Å²) < 4.78 is 7.28. The average molecular weight is 365 g/mol. The van der Waals surface area contributed by atoms with E-state index >= 15 is 0 Å². The van der Waals surface area contributed by atoms with Gasteiger partial charge in [0.1, 0.15) is 6.33 Å². The highest BCUT2D eigenvalue weighted by molar-refractivity contribution is 5.95. The van der Waals surface area contributed by atoms with Crippen molar-refractivity contribution in [3.8, 4) is 11.4 Å². The molecule has 1 fully saturated rings. The van der Waals surface area contributed by atoms with E-state index in [1.165, 1.54) is 0 Å². The maximum atomic E-state index is 13.2. The van der Waals surface area contributed by atoms with E-state index in [-0.39, 0.29) is 18.0 Å². The molecule has 1 aliphatic heterocycles. The fraction of sp³-hybridized carbons (Fsp3) is 0.400. The Balaban J connectivity index is 1.63. The van der Waals surface area contributed by atoms with Crippen LogP contribution in [0.5, 0.6) is 0 Å². The van der Waals surface area contributed by atoms with Crippen LogP contribution in [0.4, 0.5) is 0 Å². The fourth-order valence-corrected chi connectivity index (χ4v) is 3.64. The van der Waals surface area contributed by atoms with Gasteiger partial charge >= 0.3 is 0 Å². The molecule has 4 rings (SSSR count). The van der Waals surface area contributed by atoms with Gasteiger partial charge in [-0.05, 0) is 45.7 Å². The second-order valence-electron chi connectivity index (χ2n) is 7.23. The predicted octanol–water partition coefficient (Wildman–Crippen LogP) is 3.80. The molecule has 0 N–H and O–H groups in total. The lowest BCUT2D eigenvalue weighted by molar-refractivity contribution is 0.0714. The van der Waals surface area contributed by atoms with E-state index in [9.17, 15) is 4.79 Å². The van der Waals surface area contributed by atoms with E-state index in [1.54, 1.807) is 6.33 Å². The third-order valence-electron chi connectivity index (χ3n) is 4.92. The van der Waals surface area contributed by atoms with Crippen molar-refractivity contribution in [3.63, 3.8) is 0 Å². The fourth-order valence-electron chi connectivity index (χ4n) is 3.64. The van der Waals surface area contributed by atoms with Gasteiger partial charge in [-0.3, -0.25) is 4.79 Å². The number of aryl methyl sites for hydroxylation is 1. The minimum atomic E-state index is -0.0540. The summed E-state index contributed by atoms with van der Waals surface area (Å²) in [6.07, 6.45) is 3.39. The summed E-state index contributed by atoms with van der Waals surface area (Å²) in [7, 11) is 0. The summed E-state index contributed by atoms with van der Waals surface area (Å²) in [6, 6.07) is 9.65. The second kappa shape index (κ2) is 6.98. The van der Waals surface area contributed by atoms with Crippen LogP contribution < -0.4 is 0 Å². The van der Waals surface area contributed by atoms with Crippen LogP contribution in [0, 0.1) is 6.92 Å². The molecule has 3 aromatic rings. The minimum Gasteiger partial charge on any atom is -0.359 e. The Morgan fingerprint density at radius 3 is 2.89 bits per heavy atom. The molecule has 0 bridgehead atoms. The number of aromatic nitrogens is 4. The monoisotopic (exact) mass is 365 g/mol. The number of carbonyl (C=O) groups is 1. The highest BCUT2D eigenvalue weighted by Gasteiger charge is 2.33. The molecule has 7 nitrogen and oxygen atoms in total. The molecule has 27 heavy (non-hydrogen) atoms. The molecule has 1 aromatic carbocycles. The van der Waals surface area contributed by atoms with E-state index in [1.807, 2.05) is 46.8 Å². The molecule has 0 saturated carbocycles. The highest BCUT2D eigenvalue weighted by Crippen LogP contribution is 2.34. The Kier molecular flexibility index (Phi) is 4.51. The summed E-state index contributed by atoms with van der Waals surface area (Å²) >= 11 is 0. The minimum absolute atomic E-state index is 0.00372. The van der Waals surface area contributed by atoms with E-state index in [4.69, 9.17) is 4.52 Å². The number of carbonyl (C=O) groups excluding carboxylic acids is 1. The summed E-state index contributed by atoms with van der Waals surface area (Å²) in [5.74, 6) is 1.53. The third kappa shape index (κ3) is 3.25. The number of amides is 1. The van der Waals surface area contributed by atoms with E-state index in [0.29, 0.717) is 5.56 Å². The van der Waals surface area contributed by atoms with Crippen LogP contribution >= 0.6 is 0 Å². The van der Waals surface area contributed by atoms with Gasteiger partial charge in [-0.25, -0.2) is 9.67 Å². The number of benzene rings is 1. The summed E-state index contributed by atoms with van der Waals surface area (Å²) in [5, 5.41) is 8.26. The maximum Gasteiger partial charge on any atom is 0.254 e. The molecular weight excluding hydrogens is 342 g/mol. The Morgan fingerprint density at radius 1 is 1.30 bits per heavy atom. The van der Waals surface area contributed by atoms with Crippen LogP contribution in [0.3, 0.4) is 0 Å². The molecule has 3 heterocycles. The van der Waals surface area contributed by atoms with Crippen molar-refractivity contribution in [2.45, 2.75) is 45.7 Å². The molecule has 0 aliphatic carbocycles. The normalized spacial score (nSPS) is 17.0. The number of rotatable bonds is 4.